The van der Waals surface area contributed by atoms with E-state index >= 15 is 0 Å². The van der Waals surface area contributed by atoms with Crippen molar-refractivity contribution in [2.75, 3.05) is 19.7 Å². The number of nitrogens with one attached hydrogen (secondary N) is 1. The Hall–Kier alpha value is -1.02. The van der Waals surface area contributed by atoms with Crippen LogP contribution in [0, 0.1) is 12.3 Å². The Bertz CT molecular complexity index is 396. The number of hydrogen-bond donors (Lipinski definition) is 1. The molecule has 19 heavy (non-hydrogen) atoms. The zero-order valence-corrected chi connectivity index (χ0v) is 13.3. The molecule has 0 atom stereocenters. The minimum atomic E-state index is 0.153. The van der Waals surface area contributed by atoms with Crippen molar-refractivity contribution < 1.29 is 4.74 Å². The van der Waals surface area contributed by atoms with Crippen LogP contribution in [0.2, 0.25) is 0 Å². The normalized spacial score (nSPS) is 11.9. The van der Waals surface area contributed by atoms with Crippen LogP contribution in [-0.2, 0) is 0 Å². The van der Waals surface area contributed by atoms with E-state index in [4.69, 9.17) is 4.74 Å². The summed E-state index contributed by atoms with van der Waals surface area (Å²) in [6.07, 6.45) is 0. The third kappa shape index (κ3) is 5.23. The molecule has 0 heterocycles. The first-order valence-electron chi connectivity index (χ1n) is 7.30. The molecule has 0 aliphatic heterocycles. The highest BCUT2D eigenvalue weighted by atomic mass is 16.5. The number of hydrogen-bond acceptors (Lipinski definition) is 2. The SMILES string of the molecule is CCNCC(C)(C)COc1ccc(C(C)C)c(C)c1. The lowest BCUT2D eigenvalue weighted by atomic mass is 9.94. The molecule has 2 heteroatoms. The van der Waals surface area contributed by atoms with E-state index in [-0.39, 0.29) is 5.41 Å². The Kier molecular flexibility index (Phi) is 5.86. The van der Waals surface area contributed by atoms with Crippen LogP contribution in [0.15, 0.2) is 18.2 Å². The highest BCUT2D eigenvalue weighted by Crippen LogP contribution is 2.25. The smallest absolute Gasteiger partial charge is 0.119 e. The molecule has 2 nitrogen and oxygen atoms in total. The second-order valence-corrected chi connectivity index (χ2v) is 6.41. The van der Waals surface area contributed by atoms with Crippen LogP contribution in [0.3, 0.4) is 0 Å². The van der Waals surface area contributed by atoms with Gasteiger partial charge in [0.2, 0.25) is 0 Å². The minimum absolute atomic E-state index is 0.153. The van der Waals surface area contributed by atoms with Gasteiger partial charge in [-0.2, -0.15) is 0 Å². The zero-order valence-electron chi connectivity index (χ0n) is 13.3. The molecule has 0 saturated carbocycles. The number of benzene rings is 1. The summed E-state index contributed by atoms with van der Waals surface area (Å²) in [7, 11) is 0. The van der Waals surface area contributed by atoms with Gasteiger partial charge in [0.25, 0.3) is 0 Å². The van der Waals surface area contributed by atoms with Gasteiger partial charge in [0.15, 0.2) is 0 Å². The molecular formula is C17H29NO. The maximum Gasteiger partial charge on any atom is 0.119 e. The fourth-order valence-corrected chi connectivity index (χ4v) is 2.18. The summed E-state index contributed by atoms with van der Waals surface area (Å²) in [4.78, 5) is 0. The van der Waals surface area contributed by atoms with E-state index < -0.39 is 0 Å². The van der Waals surface area contributed by atoms with Gasteiger partial charge in [-0.1, -0.05) is 40.7 Å². The first kappa shape index (κ1) is 16.0. The molecule has 1 N–H and O–H groups in total. The van der Waals surface area contributed by atoms with Crippen LogP contribution in [0.25, 0.3) is 0 Å². The van der Waals surface area contributed by atoms with Crippen molar-refractivity contribution in [3.63, 3.8) is 0 Å². The molecule has 0 radical (unpaired) electrons. The Labute approximate surface area is 118 Å². The number of ether oxygens (including phenoxy) is 1. The van der Waals surface area contributed by atoms with Crippen LogP contribution in [0.5, 0.6) is 5.75 Å². The Morgan fingerprint density at radius 1 is 1.26 bits per heavy atom. The monoisotopic (exact) mass is 263 g/mol. The third-order valence-corrected chi connectivity index (χ3v) is 3.35. The van der Waals surface area contributed by atoms with Gasteiger partial charge in [0, 0.05) is 12.0 Å². The lowest BCUT2D eigenvalue weighted by Crippen LogP contribution is -2.34. The van der Waals surface area contributed by atoms with Gasteiger partial charge in [-0.15, -0.1) is 0 Å². The molecule has 0 saturated heterocycles. The Balaban J connectivity index is 2.61. The van der Waals surface area contributed by atoms with E-state index in [0.717, 1.165) is 25.4 Å². The van der Waals surface area contributed by atoms with Gasteiger partial charge < -0.3 is 10.1 Å². The minimum Gasteiger partial charge on any atom is -0.493 e. The molecule has 0 aliphatic carbocycles. The molecule has 108 valence electrons. The molecule has 0 bridgehead atoms. The van der Waals surface area contributed by atoms with Gasteiger partial charge in [0.1, 0.15) is 5.75 Å². The van der Waals surface area contributed by atoms with Crippen LogP contribution in [0.1, 0.15) is 51.7 Å². The maximum atomic E-state index is 5.94. The topological polar surface area (TPSA) is 21.3 Å². The molecule has 1 aromatic carbocycles. The van der Waals surface area contributed by atoms with Crippen molar-refractivity contribution in [3.05, 3.63) is 29.3 Å². The van der Waals surface area contributed by atoms with E-state index in [1.807, 2.05) is 0 Å². The van der Waals surface area contributed by atoms with Crippen molar-refractivity contribution in [2.45, 2.75) is 47.5 Å². The van der Waals surface area contributed by atoms with E-state index in [0.29, 0.717) is 5.92 Å². The summed E-state index contributed by atoms with van der Waals surface area (Å²) in [5, 5.41) is 3.38. The summed E-state index contributed by atoms with van der Waals surface area (Å²) in [5.41, 5.74) is 2.87. The van der Waals surface area contributed by atoms with Crippen LogP contribution < -0.4 is 10.1 Å². The average molecular weight is 263 g/mol. The van der Waals surface area contributed by atoms with E-state index in [9.17, 15) is 0 Å². The predicted octanol–water partition coefficient (Wildman–Crippen LogP) is 4.13. The van der Waals surface area contributed by atoms with Gasteiger partial charge >= 0.3 is 0 Å². The predicted molar refractivity (Wildman–Crippen MR) is 83.1 cm³/mol. The van der Waals surface area contributed by atoms with Gasteiger partial charge in [-0.25, -0.2) is 0 Å². The van der Waals surface area contributed by atoms with Gasteiger partial charge in [0.05, 0.1) is 6.61 Å². The lowest BCUT2D eigenvalue weighted by Gasteiger charge is -2.25. The average Bonchev–Trinajstić information content (AvgIpc) is 2.34. The Morgan fingerprint density at radius 2 is 1.95 bits per heavy atom. The molecule has 0 spiro atoms. The largest absolute Gasteiger partial charge is 0.493 e. The number of rotatable bonds is 7. The number of aryl methyl sites for hydroxylation is 1. The van der Waals surface area contributed by atoms with E-state index in [2.05, 4.69) is 65.1 Å². The first-order chi connectivity index (χ1) is 8.85. The van der Waals surface area contributed by atoms with Crippen molar-refractivity contribution in [3.8, 4) is 5.75 Å². The molecule has 1 aromatic rings. The summed E-state index contributed by atoms with van der Waals surface area (Å²) >= 11 is 0. The molecule has 0 aromatic heterocycles. The first-order valence-corrected chi connectivity index (χ1v) is 7.30. The summed E-state index contributed by atoms with van der Waals surface area (Å²) < 4.78 is 5.94. The van der Waals surface area contributed by atoms with Crippen molar-refractivity contribution in [1.29, 1.82) is 0 Å². The highest BCUT2D eigenvalue weighted by Gasteiger charge is 2.18. The summed E-state index contributed by atoms with van der Waals surface area (Å²) in [6.45, 7) is 15.9. The quantitative estimate of drug-likeness (QED) is 0.798. The molecule has 0 fully saturated rings. The van der Waals surface area contributed by atoms with Crippen molar-refractivity contribution in [2.24, 2.45) is 5.41 Å². The molecular weight excluding hydrogens is 234 g/mol. The van der Waals surface area contributed by atoms with Crippen LogP contribution >= 0.6 is 0 Å². The zero-order chi connectivity index (χ0) is 14.5. The Morgan fingerprint density at radius 3 is 2.47 bits per heavy atom. The second-order valence-electron chi connectivity index (χ2n) is 6.41. The lowest BCUT2D eigenvalue weighted by molar-refractivity contribution is 0.177. The highest BCUT2D eigenvalue weighted by molar-refractivity contribution is 5.36. The molecule has 1 rings (SSSR count). The van der Waals surface area contributed by atoms with Gasteiger partial charge in [-0.05, 0) is 42.6 Å². The van der Waals surface area contributed by atoms with Crippen LogP contribution in [-0.4, -0.2) is 19.7 Å². The molecule has 0 unspecified atom stereocenters. The summed E-state index contributed by atoms with van der Waals surface area (Å²) in [6, 6.07) is 6.43. The standard InChI is InChI=1S/C17H29NO/c1-7-18-11-17(5,6)12-19-15-8-9-16(13(2)3)14(4)10-15/h8-10,13,18H,7,11-12H2,1-6H3. The fourth-order valence-electron chi connectivity index (χ4n) is 2.18. The van der Waals surface area contributed by atoms with Crippen molar-refractivity contribution >= 4 is 0 Å². The van der Waals surface area contributed by atoms with E-state index in [1.54, 1.807) is 0 Å². The second kappa shape index (κ2) is 6.95. The maximum absolute atomic E-state index is 5.94. The summed E-state index contributed by atoms with van der Waals surface area (Å²) in [5.74, 6) is 1.55. The third-order valence-electron chi connectivity index (χ3n) is 3.35. The van der Waals surface area contributed by atoms with Crippen LogP contribution in [0.4, 0.5) is 0 Å². The fraction of sp³-hybridized carbons (Fsp3) is 0.647. The van der Waals surface area contributed by atoms with Crippen molar-refractivity contribution in [1.82, 2.24) is 5.32 Å². The molecule has 0 aliphatic rings. The molecule has 0 amide bonds. The van der Waals surface area contributed by atoms with E-state index in [1.165, 1.54) is 11.1 Å². The van der Waals surface area contributed by atoms with Gasteiger partial charge in [-0.3, -0.25) is 0 Å².